The van der Waals surface area contributed by atoms with Crippen molar-refractivity contribution in [2.45, 2.75) is 29.2 Å². The summed E-state index contributed by atoms with van der Waals surface area (Å²) in [6.45, 7) is 2.37. The first-order valence-electron chi connectivity index (χ1n) is 10.5. The molecule has 11 heteroatoms. The third-order valence-electron chi connectivity index (χ3n) is 5.95. The minimum absolute atomic E-state index is 0.0242. The Hall–Kier alpha value is -1.79. The highest BCUT2D eigenvalue weighted by Crippen LogP contribution is 2.27. The molecule has 0 aliphatic carbocycles. The Morgan fingerprint density at radius 1 is 1.09 bits per heavy atom. The maximum Gasteiger partial charge on any atom is 0.240 e. The molecule has 0 amide bonds. The normalized spacial score (nSPS) is 27.0. The van der Waals surface area contributed by atoms with Crippen LogP contribution in [0.4, 0.5) is 5.82 Å². The van der Waals surface area contributed by atoms with E-state index in [-0.39, 0.29) is 18.0 Å². The predicted octanol–water partition coefficient (Wildman–Crippen LogP) is 0.325. The number of aliphatic hydroxyl groups excluding tert-OH is 2. The van der Waals surface area contributed by atoms with Crippen LogP contribution in [0, 0.1) is 0 Å². The molecule has 4 unspecified atom stereocenters. The van der Waals surface area contributed by atoms with Crippen molar-refractivity contribution < 1.29 is 23.4 Å². The van der Waals surface area contributed by atoms with Gasteiger partial charge in [-0.25, -0.2) is 18.1 Å². The van der Waals surface area contributed by atoms with Crippen molar-refractivity contribution >= 4 is 27.4 Å². The minimum Gasteiger partial charge on any atom is -0.394 e. The topological polar surface area (TPSA) is 115 Å². The van der Waals surface area contributed by atoms with Crippen LogP contribution in [0.5, 0.6) is 0 Å². The highest BCUT2D eigenvalue weighted by Gasteiger charge is 2.47. The number of aliphatic hydroxyl groups is 2. The molecule has 9 nitrogen and oxygen atoms in total. The van der Waals surface area contributed by atoms with Crippen molar-refractivity contribution in [3.8, 4) is 0 Å². The molecule has 0 bridgehead atoms. The van der Waals surface area contributed by atoms with Gasteiger partial charge in [-0.1, -0.05) is 17.7 Å². The summed E-state index contributed by atoms with van der Waals surface area (Å²) >= 11 is 5.85. The molecule has 1 aromatic carbocycles. The molecule has 4 rings (SSSR count). The molecular weight excluding hydrogens is 456 g/mol. The van der Waals surface area contributed by atoms with E-state index in [4.69, 9.17) is 16.3 Å². The van der Waals surface area contributed by atoms with Crippen LogP contribution >= 0.6 is 11.6 Å². The number of piperazine rings is 1. The molecule has 2 aliphatic rings. The largest absolute Gasteiger partial charge is 0.394 e. The Labute approximate surface area is 192 Å². The predicted molar refractivity (Wildman–Crippen MR) is 120 cm³/mol. The van der Waals surface area contributed by atoms with Crippen molar-refractivity contribution in [3.05, 3.63) is 53.7 Å². The van der Waals surface area contributed by atoms with E-state index in [1.165, 1.54) is 24.3 Å². The smallest absolute Gasteiger partial charge is 0.240 e. The second kappa shape index (κ2) is 10.0. The number of halogens is 1. The van der Waals surface area contributed by atoms with Crippen molar-refractivity contribution in [1.82, 2.24) is 14.6 Å². The molecule has 0 radical (unpaired) electrons. The van der Waals surface area contributed by atoms with Gasteiger partial charge in [0.2, 0.25) is 10.0 Å². The lowest BCUT2D eigenvalue weighted by molar-refractivity contribution is -0.0201. The van der Waals surface area contributed by atoms with Gasteiger partial charge in [-0.15, -0.1) is 0 Å². The van der Waals surface area contributed by atoms with Crippen LogP contribution in [0.2, 0.25) is 5.02 Å². The first kappa shape index (κ1) is 23.4. The molecule has 2 aliphatic heterocycles. The van der Waals surface area contributed by atoms with E-state index in [9.17, 15) is 18.6 Å². The monoisotopic (exact) mass is 482 g/mol. The van der Waals surface area contributed by atoms with Gasteiger partial charge in [0.15, 0.2) is 0 Å². The van der Waals surface area contributed by atoms with Crippen molar-refractivity contribution in [2.24, 2.45) is 0 Å². The van der Waals surface area contributed by atoms with Crippen molar-refractivity contribution in [3.63, 3.8) is 0 Å². The van der Waals surface area contributed by atoms with Crippen LogP contribution in [0.1, 0.15) is 0 Å². The number of anilines is 1. The van der Waals surface area contributed by atoms with Crippen LogP contribution in [-0.2, 0) is 14.8 Å². The fraction of sp³-hybridized carbons (Fsp3) is 0.476. The summed E-state index contributed by atoms with van der Waals surface area (Å²) in [7, 11) is -3.77. The molecular formula is C21H27ClN4O5S. The van der Waals surface area contributed by atoms with Crippen LogP contribution < -0.4 is 9.62 Å². The van der Waals surface area contributed by atoms with E-state index in [0.29, 0.717) is 31.2 Å². The number of pyridine rings is 1. The average Bonchev–Trinajstić information content (AvgIpc) is 3.14. The first-order chi connectivity index (χ1) is 15.4. The Morgan fingerprint density at radius 3 is 2.44 bits per heavy atom. The number of nitrogens with zero attached hydrogens (tertiary/aromatic N) is 3. The summed E-state index contributed by atoms with van der Waals surface area (Å²) in [6, 6.07) is 11.2. The molecule has 32 heavy (non-hydrogen) atoms. The van der Waals surface area contributed by atoms with E-state index >= 15 is 0 Å². The fourth-order valence-corrected chi connectivity index (χ4v) is 5.45. The Kier molecular flexibility index (Phi) is 7.30. The molecule has 2 aromatic rings. The number of benzene rings is 1. The molecule has 4 atom stereocenters. The van der Waals surface area contributed by atoms with Gasteiger partial charge in [-0.2, -0.15) is 0 Å². The summed E-state index contributed by atoms with van der Waals surface area (Å²) in [5.41, 5.74) is 0. The Bertz CT molecular complexity index is 987. The molecule has 0 spiro atoms. The van der Waals surface area contributed by atoms with Gasteiger partial charge in [0.05, 0.1) is 23.6 Å². The van der Waals surface area contributed by atoms with E-state index in [2.05, 4.69) is 19.5 Å². The number of ether oxygens (including phenoxy) is 1. The minimum atomic E-state index is -3.77. The fourth-order valence-electron chi connectivity index (χ4n) is 4.28. The summed E-state index contributed by atoms with van der Waals surface area (Å²) in [5.74, 6) is 0.899. The number of sulfonamides is 1. The highest BCUT2D eigenvalue weighted by atomic mass is 35.5. The van der Waals surface area contributed by atoms with Gasteiger partial charge in [0.1, 0.15) is 18.0 Å². The second-order valence-corrected chi connectivity index (χ2v) is 10.1. The highest BCUT2D eigenvalue weighted by molar-refractivity contribution is 7.89. The molecule has 3 N–H and O–H groups in total. The molecule has 2 fully saturated rings. The zero-order valence-corrected chi connectivity index (χ0v) is 19.0. The first-order valence-corrected chi connectivity index (χ1v) is 12.3. The Morgan fingerprint density at radius 2 is 1.81 bits per heavy atom. The maximum atomic E-state index is 12.7. The van der Waals surface area contributed by atoms with Gasteiger partial charge in [0.25, 0.3) is 0 Å². The lowest BCUT2D eigenvalue weighted by atomic mass is 10.0. The number of nitrogens with one attached hydrogen (secondary N) is 1. The van der Waals surface area contributed by atoms with Crippen LogP contribution in [0.25, 0.3) is 0 Å². The lowest BCUT2D eigenvalue weighted by Gasteiger charge is -2.40. The zero-order valence-electron chi connectivity index (χ0n) is 17.4. The van der Waals surface area contributed by atoms with Gasteiger partial charge in [-0.3, -0.25) is 4.90 Å². The SMILES string of the molecule is O=S(=O)(NCC1OC(CO)C(O)C1N1CCN(c2ccccn2)CC1)c1ccc(Cl)cc1. The van der Waals surface area contributed by atoms with Gasteiger partial charge < -0.3 is 19.8 Å². The van der Waals surface area contributed by atoms with E-state index in [1.807, 2.05) is 18.2 Å². The molecule has 1 aromatic heterocycles. The number of hydrogen-bond donors (Lipinski definition) is 3. The van der Waals surface area contributed by atoms with Gasteiger partial charge in [-0.05, 0) is 36.4 Å². The van der Waals surface area contributed by atoms with Crippen molar-refractivity contribution in [1.29, 1.82) is 0 Å². The van der Waals surface area contributed by atoms with Crippen LogP contribution in [0.3, 0.4) is 0 Å². The van der Waals surface area contributed by atoms with Crippen LogP contribution in [0.15, 0.2) is 53.6 Å². The number of rotatable bonds is 7. The summed E-state index contributed by atoms with van der Waals surface area (Å²) in [4.78, 5) is 8.75. The third-order valence-corrected chi connectivity index (χ3v) is 7.64. The quantitative estimate of drug-likeness (QED) is 0.517. The second-order valence-electron chi connectivity index (χ2n) is 7.89. The third kappa shape index (κ3) is 5.07. The average molecular weight is 483 g/mol. The van der Waals surface area contributed by atoms with Gasteiger partial charge >= 0.3 is 0 Å². The number of hydrogen-bond acceptors (Lipinski definition) is 8. The van der Waals surface area contributed by atoms with E-state index in [0.717, 1.165) is 5.82 Å². The van der Waals surface area contributed by atoms with Crippen molar-refractivity contribution in [2.75, 3.05) is 44.2 Å². The standard InChI is InChI=1S/C21H27ClN4O5S/c22-15-4-6-16(7-5-15)32(29,30)24-13-17-20(21(28)18(14-27)31-17)26-11-9-25(10-12-26)19-3-1-2-8-23-19/h1-8,17-18,20-21,24,27-28H,9-14H2. The summed E-state index contributed by atoms with van der Waals surface area (Å²) in [6.07, 6.45) is -0.541. The van der Waals surface area contributed by atoms with E-state index < -0.39 is 34.4 Å². The Balaban J connectivity index is 1.42. The number of aromatic nitrogens is 1. The lowest BCUT2D eigenvalue weighted by Crippen LogP contribution is -2.57. The van der Waals surface area contributed by atoms with Gasteiger partial charge in [0, 0.05) is 43.9 Å². The maximum absolute atomic E-state index is 12.7. The summed E-state index contributed by atoms with van der Waals surface area (Å²) < 4.78 is 33.7. The molecule has 0 saturated carbocycles. The van der Waals surface area contributed by atoms with Crippen LogP contribution in [-0.4, -0.2) is 92.2 Å². The molecule has 2 saturated heterocycles. The zero-order chi connectivity index (χ0) is 22.7. The van der Waals surface area contributed by atoms with E-state index in [1.54, 1.807) is 6.20 Å². The summed E-state index contributed by atoms with van der Waals surface area (Å²) in [5, 5.41) is 20.9. The molecule has 3 heterocycles. The molecule has 174 valence electrons.